The van der Waals surface area contributed by atoms with Crippen molar-refractivity contribution in [3.63, 3.8) is 0 Å². The quantitative estimate of drug-likeness (QED) is 0.718. The van der Waals surface area contributed by atoms with Gasteiger partial charge in [-0.05, 0) is 27.7 Å². The van der Waals surface area contributed by atoms with Crippen LogP contribution in [0.15, 0.2) is 12.4 Å². The van der Waals surface area contributed by atoms with Gasteiger partial charge in [-0.15, -0.1) is 0 Å². The molecular formula is C11H18N2O3. The zero-order chi connectivity index (χ0) is 12.1. The highest BCUT2D eigenvalue weighted by Gasteiger charge is 2.08. The van der Waals surface area contributed by atoms with Crippen molar-refractivity contribution >= 4 is 5.97 Å². The van der Waals surface area contributed by atoms with Gasteiger partial charge in [-0.2, -0.15) is 5.10 Å². The molecule has 0 N–H and O–H groups in total. The first-order chi connectivity index (χ1) is 7.49. The second kappa shape index (κ2) is 5.53. The Morgan fingerprint density at radius 1 is 1.44 bits per heavy atom. The highest BCUT2D eigenvalue weighted by Crippen LogP contribution is 2.12. The van der Waals surface area contributed by atoms with Gasteiger partial charge in [0.25, 0.3) is 0 Å². The van der Waals surface area contributed by atoms with Gasteiger partial charge in [0.2, 0.25) is 0 Å². The van der Waals surface area contributed by atoms with E-state index >= 15 is 0 Å². The highest BCUT2D eigenvalue weighted by atomic mass is 16.6. The molecule has 5 nitrogen and oxygen atoms in total. The molecule has 1 rings (SSSR count). The molecule has 0 spiro atoms. The molecule has 5 heteroatoms. The summed E-state index contributed by atoms with van der Waals surface area (Å²) in [5, 5.41) is 4.09. The first-order valence-corrected chi connectivity index (χ1v) is 5.35. The Kier molecular flexibility index (Phi) is 4.34. The Morgan fingerprint density at radius 2 is 2.12 bits per heavy atom. The summed E-state index contributed by atoms with van der Waals surface area (Å²) >= 11 is 0. The molecule has 0 aromatic carbocycles. The normalized spacial score (nSPS) is 10.9. The zero-order valence-electron chi connectivity index (χ0n) is 10.1. The van der Waals surface area contributed by atoms with E-state index in [2.05, 4.69) is 5.10 Å². The number of ether oxygens (including phenoxy) is 2. The van der Waals surface area contributed by atoms with Crippen molar-refractivity contribution in [2.24, 2.45) is 0 Å². The van der Waals surface area contributed by atoms with E-state index in [9.17, 15) is 4.79 Å². The average Bonchev–Trinajstić information content (AvgIpc) is 2.61. The smallest absolute Gasteiger partial charge is 0.344 e. The van der Waals surface area contributed by atoms with Gasteiger partial charge < -0.3 is 9.47 Å². The Hall–Kier alpha value is -1.52. The van der Waals surface area contributed by atoms with Crippen LogP contribution >= 0.6 is 0 Å². The van der Waals surface area contributed by atoms with Gasteiger partial charge in [0.05, 0.1) is 18.5 Å². The van der Waals surface area contributed by atoms with Crippen LogP contribution < -0.4 is 4.74 Å². The molecule has 0 amide bonds. The maximum absolute atomic E-state index is 11.2. The maximum atomic E-state index is 11.2. The summed E-state index contributed by atoms with van der Waals surface area (Å²) in [5.74, 6) is 0.210. The van der Waals surface area contributed by atoms with Gasteiger partial charge in [-0.1, -0.05) is 0 Å². The van der Waals surface area contributed by atoms with E-state index in [1.807, 2.05) is 13.8 Å². The lowest BCUT2D eigenvalue weighted by molar-refractivity contribution is -0.149. The molecule has 1 heterocycles. The van der Waals surface area contributed by atoms with Gasteiger partial charge in [0.1, 0.15) is 0 Å². The van der Waals surface area contributed by atoms with Crippen molar-refractivity contribution in [3.05, 3.63) is 12.4 Å². The van der Waals surface area contributed by atoms with Crippen molar-refractivity contribution < 1.29 is 14.3 Å². The fourth-order valence-corrected chi connectivity index (χ4v) is 1.12. The number of hydrogen-bond acceptors (Lipinski definition) is 4. The fourth-order valence-electron chi connectivity index (χ4n) is 1.12. The van der Waals surface area contributed by atoms with Crippen molar-refractivity contribution in [1.29, 1.82) is 0 Å². The topological polar surface area (TPSA) is 53.4 Å². The molecule has 0 atom stereocenters. The molecular weight excluding hydrogens is 208 g/mol. The molecule has 0 fully saturated rings. The van der Waals surface area contributed by atoms with Crippen LogP contribution in [0.3, 0.4) is 0 Å². The lowest BCUT2D eigenvalue weighted by Crippen LogP contribution is -2.18. The van der Waals surface area contributed by atoms with Crippen molar-refractivity contribution in [3.8, 4) is 5.75 Å². The second-order valence-electron chi connectivity index (χ2n) is 4.08. The van der Waals surface area contributed by atoms with Gasteiger partial charge in [-0.25, -0.2) is 4.79 Å². The summed E-state index contributed by atoms with van der Waals surface area (Å²) in [6, 6.07) is 0.278. The SMILES string of the molecule is CC(C)OC(=O)COc1cnn(C(C)C)c1. The minimum atomic E-state index is -0.368. The van der Waals surface area contributed by atoms with Gasteiger partial charge in [-0.3, -0.25) is 4.68 Å². The molecule has 90 valence electrons. The molecule has 0 aliphatic heterocycles. The molecule has 0 saturated carbocycles. The van der Waals surface area contributed by atoms with Crippen LogP contribution in [-0.2, 0) is 9.53 Å². The van der Waals surface area contributed by atoms with Crippen molar-refractivity contribution in [1.82, 2.24) is 9.78 Å². The zero-order valence-corrected chi connectivity index (χ0v) is 10.1. The summed E-state index contributed by atoms with van der Waals surface area (Å²) in [5.41, 5.74) is 0. The van der Waals surface area contributed by atoms with Crippen molar-refractivity contribution in [2.45, 2.75) is 39.8 Å². The molecule has 16 heavy (non-hydrogen) atoms. The van der Waals surface area contributed by atoms with Crippen LogP contribution in [0.1, 0.15) is 33.7 Å². The van der Waals surface area contributed by atoms with Crippen LogP contribution in [0.2, 0.25) is 0 Å². The summed E-state index contributed by atoms with van der Waals surface area (Å²) in [6.07, 6.45) is 3.23. The number of nitrogens with zero attached hydrogens (tertiary/aromatic N) is 2. The molecule has 0 bridgehead atoms. The average molecular weight is 226 g/mol. The Morgan fingerprint density at radius 3 is 2.62 bits per heavy atom. The summed E-state index contributed by atoms with van der Waals surface area (Å²) in [6.45, 7) is 7.55. The number of rotatable bonds is 5. The summed E-state index contributed by atoms with van der Waals surface area (Å²) < 4.78 is 11.9. The third-order valence-corrected chi connectivity index (χ3v) is 1.83. The molecule has 0 aliphatic carbocycles. The van der Waals surface area contributed by atoms with Crippen LogP contribution in [0.25, 0.3) is 0 Å². The van der Waals surface area contributed by atoms with Crippen molar-refractivity contribution in [2.75, 3.05) is 6.61 Å². The molecule has 0 radical (unpaired) electrons. The number of esters is 1. The summed E-state index contributed by atoms with van der Waals surface area (Å²) in [4.78, 5) is 11.2. The van der Waals surface area contributed by atoms with Crippen LogP contribution in [0.4, 0.5) is 0 Å². The Bertz CT molecular complexity index is 345. The lowest BCUT2D eigenvalue weighted by atomic mass is 10.4. The van der Waals surface area contributed by atoms with E-state index < -0.39 is 0 Å². The van der Waals surface area contributed by atoms with E-state index in [0.717, 1.165) is 0 Å². The Labute approximate surface area is 95.3 Å². The van der Waals surface area contributed by atoms with E-state index in [0.29, 0.717) is 5.75 Å². The number of carbonyl (C=O) groups excluding carboxylic acids is 1. The molecule has 1 aromatic rings. The van der Waals surface area contributed by atoms with Gasteiger partial charge >= 0.3 is 5.97 Å². The highest BCUT2D eigenvalue weighted by molar-refractivity contribution is 5.71. The van der Waals surface area contributed by atoms with E-state index in [1.54, 1.807) is 30.9 Å². The number of aromatic nitrogens is 2. The van der Waals surface area contributed by atoms with Gasteiger partial charge in [0, 0.05) is 6.04 Å². The van der Waals surface area contributed by atoms with Gasteiger partial charge in [0.15, 0.2) is 12.4 Å². The van der Waals surface area contributed by atoms with E-state index in [4.69, 9.17) is 9.47 Å². The predicted octanol–water partition coefficient (Wildman–Crippen LogP) is 1.79. The largest absolute Gasteiger partial charge is 0.479 e. The van der Waals surface area contributed by atoms with Crippen LogP contribution in [0, 0.1) is 0 Å². The fraction of sp³-hybridized carbons (Fsp3) is 0.636. The Balaban J connectivity index is 2.39. The number of carbonyl (C=O) groups is 1. The minimum Gasteiger partial charge on any atom is -0.479 e. The first-order valence-electron chi connectivity index (χ1n) is 5.35. The summed E-state index contributed by atoms with van der Waals surface area (Å²) in [7, 11) is 0. The minimum absolute atomic E-state index is 0.0814. The monoisotopic (exact) mass is 226 g/mol. The maximum Gasteiger partial charge on any atom is 0.344 e. The van der Waals surface area contributed by atoms with Crippen LogP contribution in [0.5, 0.6) is 5.75 Å². The molecule has 0 unspecified atom stereocenters. The molecule has 0 aliphatic rings. The second-order valence-corrected chi connectivity index (χ2v) is 4.08. The molecule has 0 saturated heterocycles. The lowest BCUT2D eigenvalue weighted by Gasteiger charge is -2.08. The van der Waals surface area contributed by atoms with E-state index in [-0.39, 0.29) is 24.7 Å². The standard InChI is InChI=1S/C11H18N2O3/c1-8(2)13-6-10(5-12-13)15-7-11(14)16-9(3)4/h5-6,8-9H,7H2,1-4H3. The predicted molar refractivity (Wildman–Crippen MR) is 59.3 cm³/mol. The van der Waals surface area contributed by atoms with E-state index in [1.165, 1.54) is 0 Å². The third kappa shape index (κ3) is 3.92. The van der Waals surface area contributed by atoms with Crippen LogP contribution in [-0.4, -0.2) is 28.5 Å². The third-order valence-electron chi connectivity index (χ3n) is 1.83. The number of hydrogen-bond donors (Lipinski definition) is 0. The first kappa shape index (κ1) is 12.5. The molecule has 1 aromatic heterocycles.